The summed E-state index contributed by atoms with van der Waals surface area (Å²) < 4.78 is 33.1. The number of nitro groups is 1. The van der Waals surface area contributed by atoms with Gasteiger partial charge < -0.3 is 10.1 Å². The SMILES string of the molecule is O=C(Nc1ccc(OCc2ccccc2)cc1)C1CCCN(S(=O)(=O)c2cccc([N+](=O)[O-])c2)C1. The minimum absolute atomic E-state index is 0.00906. The summed E-state index contributed by atoms with van der Waals surface area (Å²) in [5.41, 5.74) is 1.33. The zero-order valence-electron chi connectivity index (χ0n) is 18.9. The van der Waals surface area contributed by atoms with Crippen molar-refractivity contribution in [3.63, 3.8) is 0 Å². The number of benzene rings is 3. The predicted molar refractivity (Wildman–Crippen MR) is 130 cm³/mol. The Kier molecular flexibility index (Phi) is 7.42. The summed E-state index contributed by atoms with van der Waals surface area (Å²) in [7, 11) is -3.96. The molecule has 9 nitrogen and oxygen atoms in total. The van der Waals surface area contributed by atoms with Gasteiger partial charge in [-0.15, -0.1) is 0 Å². The van der Waals surface area contributed by atoms with Gasteiger partial charge in [0.15, 0.2) is 0 Å². The van der Waals surface area contributed by atoms with Crippen molar-refractivity contribution in [1.82, 2.24) is 4.31 Å². The van der Waals surface area contributed by atoms with Crippen molar-refractivity contribution in [3.05, 3.63) is 94.5 Å². The van der Waals surface area contributed by atoms with Gasteiger partial charge in [-0.3, -0.25) is 14.9 Å². The van der Waals surface area contributed by atoms with E-state index in [0.717, 1.165) is 11.6 Å². The van der Waals surface area contributed by atoms with Crippen molar-refractivity contribution in [3.8, 4) is 5.75 Å². The molecule has 0 aliphatic carbocycles. The molecule has 0 saturated carbocycles. The molecule has 1 atom stereocenters. The van der Waals surface area contributed by atoms with E-state index in [1.807, 2.05) is 30.3 Å². The van der Waals surface area contributed by atoms with Crippen LogP contribution in [0.4, 0.5) is 11.4 Å². The molecular weight excluding hydrogens is 470 g/mol. The van der Waals surface area contributed by atoms with Gasteiger partial charge in [-0.2, -0.15) is 4.31 Å². The molecule has 1 aliphatic rings. The maximum Gasteiger partial charge on any atom is 0.270 e. The van der Waals surface area contributed by atoms with Crippen molar-refractivity contribution in [2.24, 2.45) is 5.92 Å². The fourth-order valence-electron chi connectivity index (χ4n) is 3.90. The second kappa shape index (κ2) is 10.7. The van der Waals surface area contributed by atoms with Crippen molar-refractivity contribution < 1.29 is 22.9 Å². The molecule has 0 aromatic heterocycles. The van der Waals surface area contributed by atoms with Gasteiger partial charge in [0, 0.05) is 30.9 Å². The predicted octanol–water partition coefficient (Wildman–Crippen LogP) is 4.21. The molecule has 1 fully saturated rings. The second-order valence-corrected chi connectivity index (χ2v) is 10.2. The number of amides is 1. The summed E-state index contributed by atoms with van der Waals surface area (Å²) in [6.45, 7) is 0.695. The van der Waals surface area contributed by atoms with Gasteiger partial charge in [0.05, 0.1) is 15.7 Å². The first-order valence-corrected chi connectivity index (χ1v) is 12.6. The van der Waals surface area contributed by atoms with Crippen LogP contribution < -0.4 is 10.1 Å². The average Bonchev–Trinajstić information content (AvgIpc) is 2.89. The zero-order valence-corrected chi connectivity index (χ0v) is 19.7. The zero-order chi connectivity index (χ0) is 24.8. The van der Waals surface area contributed by atoms with E-state index in [0.29, 0.717) is 30.9 Å². The lowest BCUT2D eigenvalue weighted by molar-refractivity contribution is -0.385. The smallest absolute Gasteiger partial charge is 0.270 e. The Morgan fingerprint density at radius 3 is 2.51 bits per heavy atom. The molecular formula is C25H25N3O6S. The number of sulfonamides is 1. The molecule has 0 bridgehead atoms. The van der Waals surface area contributed by atoms with Gasteiger partial charge >= 0.3 is 0 Å². The molecule has 1 aliphatic heterocycles. The van der Waals surface area contributed by atoms with E-state index in [4.69, 9.17) is 4.74 Å². The summed E-state index contributed by atoms with van der Waals surface area (Å²) in [5.74, 6) is -0.146. The van der Waals surface area contributed by atoms with Gasteiger partial charge in [-0.25, -0.2) is 8.42 Å². The Bertz CT molecular complexity index is 1300. The van der Waals surface area contributed by atoms with Gasteiger partial charge in [0.1, 0.15) is 12.4 Å². The highest BCUT2D eigenvalue weighted by Gasteiger charge is 2.34. The largest absolute Gasteiger partial charge is 0.489 e. The lowest BCUT2D eigenvalue weighted by Gasteiger charge is -2.31. The molecule has 0 radical (unpaired) electrons. The summed E-state index contributed by atoms with van der Waals surface area (Å²) in [5, 5.41) is 13.9. The number of hydrogen-bond donors (Lipinski definition) is 1. The Balaban J connectivity index is 1.36. The van der Waals surface area contributed by atoms with Crippen LogP contribution in [-0.4, -0.2) is 36.6 Å². The molecule has 3 aromatic rings. The first-order valence-electron chi connectivity index (χ1n) is 11.2. The number of nitro benzene ring substituents is 1. The average molecular weight is 496 g/mol. The summed E-state index contributed by atoms with van der Waals surface area (Å²) in [6.07, 6.45) is 1.06. The third kappa shape index (κ3) is 6.03. The van der Waals surface area contributed by atoms with Gasteiger partial charge in [-0.05, 0) is 48.7 Å². The highest BCUT2D eigenvalue weighted by atomic mass is 32.2. The van der Waals surface area contributed by atoms with Crippen LogP contribution in [0.5, 0.6) is 5.75 Å². The number of carbonyl (C=O) groups is 1. The molecule has 1 N–H and O–H groups in total. The molecule has 1 unspecified atom stereocenters. The van der Waals surface area contributed by atoms with E-state index in [-0.39, 0.29) is 29.6 Å². The van der Waals surface area contributed by atoms with Crippen LogP contribution in [0, 0.1) is 16.0 Å². The fraction of sp³-hybridized carbons (Fsp3) is 0.240. The first kappa shape index (κ1) is 24.4. The number of non-ortho nitro benzene ring substituents is 1. The third-order valence-corrected chi connectivity index (χ3v) is 7.65. The van der Waals surface area contributed by atoms with E-state index in [1.165, 1.54) is 22.5 Å². The van der Waals surface area contributed by atoms with Crippen LogP contribution in [0.25, 0.3) is 0 Å². The van der Waals surface area contributed by atoms with E-state index in [2.05, 4.69) is 5.32 Å². The number of hydrogen-bond acceptors (Lipinski definition) is 6. The molecule has 1 saturated heterocycles. The van der Waals surface area contributed by atoms with Crippen LogP contribution in [0.15, 0.2) is 83.8 Å². The Hall–Kier alpha value is -3.76. The molecule has 3 aromatic carbocycles. The van der Waals surface area contributed by atoms with E-state index in [1.54, 1.807) is 24.3 Å². The number of rotatable bonds is 8. The summed E-state index contributed by atoms with van der Waals surface area (Å²) in [6, 6.07) is 21.7. The number of carbonyl (C=O) groups excluding carboxylic acids is 1. The lowest BCUT2D eigenvalue weighted by atomic mass is 9.99. The highest BCUT2D eigenvalue weighted by molar-refractivity contribution is 7.89. The van der Waals surface area contributed by atoms with Crippen molar-refractivity contribution in [2.45, 2.75) is 24.3 Å². The number of nitrogens with zero attached hydrogens (tertiary/aromatic N) is 2. The Morgan fingerprint density at radius 2 is 1.80 bits per heavy atom. The van der Waals surface area contributed by atoms with Gasteiger partial charge in [0.25, 0.3) is 5.69 Å². The van der Waals surface area contributed by atoms with Gasteiger partial charge in [0.2, 0.25) is 15.9 Å². The Labute approximate surface area is 203 Å². The van der Waals surface area contributed by atoms with E-state index in [9.17, 15) is 23.3 Å². The van der Waals surface area contributed by atoms with Crippen LogP contribution in [0.3, 0.4) is 0 Å². The summed E-state index contributed by atoms with van der Waals surface area (Å²) >= 11 is 0. The fourth-order valence-corrected chi connectivity index (χ4v) is 5.47. The van der Waals surface area contributed by atoms with Crippen LogP contribution in [-0.2, 0) is 21.4 Å². The second-order valence-electron chi connectivity index (χ2n) is 8.24. The molecule has 1 amide bonds. The summed E-state index contributed by atoms with van der Waals surface area (Å²) in [4.78, 5) is 23.1. The third-order valence-electron chi connectivity index (χ3n) is 5.79. The van der Waals surface area contributed by atoms with E-state index < -0.39 is 20.9 Å². The molecule has 0 spiro atoms. The number of ether oxygens (including phenoxy) is 1. The van der Waals surface area contributed by atoms with Crippen LogP contribution in [0.2, 0.25) is 0 Å². The number of anilines is 1. The molecule has 35 heavy (non-hydrogen) atoms. The molecule has 4 rings (SSSR count). The highest BCUT2D eigenvalue weighted by Crippen LogP contribution is 2.27. The number of nitrogens with one attached hydrogen (secondary N) is 1. The molecule has 182 valence electrons. The van der Waals surface area contributed by atoms with Crippen LogP contribution >= 0.6 is 0 Å². The minimum Gasteiger partial charge on any atom is -0.489 e. The monoisotopic (exact) mass is 495 g/mol. The van der Waals surface area contributed by atoms with Crippen LogP contribution in [0.1, 0.15) is 18.4 Å². The minimum atomic E-state index is -3.96. The standard InChI is InChI=1S/C25H25N3O6S/c29-25(26-21-11-13-23(14-12-21)34-18-19-6-2-1-3-7-19)20-8-5-15-27(17-20)35(32,33)24-10-4-9-22(16-24)28(30)31/h1-4,6-7,9-14,16,20H,5,8,15,17-18H2,(H,26,29). The van der Waals surface area contributed by atoms with E-state index >= 15 is 0 Å². The van der Waals surface area contributed by atoms with Gasteiger partial charge in [-0.1, -0.05) is 36.4 Å². The van der Waals surface area contributed by atoms with Crippen molar-refractivity contribution >= 4 is 27.3 Å². The Morgan fingerprint density at radius 1 is 1.06 bits per heavy atom. The molecule has 1 heterocycles. The maximum absolute atomic E-state index is 13.0. The maximum atomic E-state index is 13.0. The lowest BCUT2D eigenvalue weighted by Crippen LogP contribution is -2.43. The number of piperidine rings is 1. The van der Waals surface area contributed by atoms with Crippen molar-refractivity contribution in [2.75, 3.05) is 18.4 Å². The molecule has 10 heteroatoms. The quantitative estimate of drug-likeness (QED) is 0.369. The first-order chi connectivity index (χ1) is 16.8. The normalized spacial score (nSPS) is 16.4. The van der Waals surface area contributed by atoms with Crippen molar-refractivity contribution in [1.29, 1.82) is 0 Å². The topological polar surface area (TPSA) is 119 Å².